The first-order valence-electron chi connectivity index (χ1n) is 22.6. The normalized spacial score (nSPS) is 14.2. The van der Waals surface area contributed by atoms with Crippen LogP contribution in [-0.4, -0.2) is 70.0 Å². The molecule has 334 valence electrons. The van der Waals surface area contributed by atoms with E-state index in [1.54, 1.807) is 0 Å². The Kier molecular flexibility index (Phi) is 38.1. The Labute approximate surface area is 355 Å². The molecule has 58 heavy (non-hydrogen) atoms. The quantitative estimate of drug-likeness (QED) is 0.0197. The minimum absolute atomic E-state index is 0.0433. The maximum absolute atomic E-state index is 12.7. The van der Waals surface area contributed by atoms with Crippen molar-refractivity contribution in [2.75, 3.05) is 47.5 Å². The van der Waals surface area contributed by atoms with Crippen molar-refractivity contribution in [3.63, 3.8) is 0 Å². The molecule has 9 nitrogen and oxygen atoms in total. The van der Waals surface area contributed by atoms with E-state index < -0.39 is 32.5 Å². The molecule has 0 spiro atoms. The first-order valence-corrected chi connectivity index (χ1v) is 24.1. The van der Waals surface area contributed by atoms with Crippen molar-refractivity contribution < 1.29 is 42.1 Å². The molecule has 0 radical (unpaired) electrons. The summed E-state index contributed by atoms with van der Waals surface area (Å²) in [4.78, 5) is 37.6. The van der Waals surface area contributed by atoms with Gasteiger partial charge in [0, 0.05) is 12.8 Å². The number of nitrogens with zero attached hydrogens (tertiary/aromatic N) is 1. The number of carbonyl (C=O) groups is 2. The molecule has 2 atom stereocenters. The maximum Gasteiger partial charge on any atom is 0.306 e. The van der Waals surface area contributed by atoms with Gasteiger partial charge in [-0.05, 0) is 89.9 Å². The van der Waals surface area contributed by atoms with Crippen molar-refractivity contribution in [3.8, 4) is 0 Å². The van der Waals surface area contributed by atoms with Crippen LogP contribution in [0.3, 0.4) is 0 Å². The lowest BCUT2D eigenvalue weighted by Crippen LogP contribution is -2.37. The van der Waals surface area contributed by atoms with E-state index in [1.165, 1.54) is 51.4 Å². The summed E-state index contributed by atoms with van der Waals surface area (Å²) in [5.41, 5.74) is 0. The third-order valence-electron chi connectivity index (χ3n) is 9.20. The molecule has 0 saturated carbocycles. The number of likely N-dealkylation sites (N-methyl/N-ethyl adjacent to an activating group) is 1. The smallest absolute Gasteiger partial charge is 0.306 e. The van der Waals surface area contributed by atoms with Crippen molar-refractivity contribution in [2.45, 2.75) is 174 Å². The maximum atomic E-state index is 12.7. The van der Waals surface area contributed by atoms with Gasteiger partial charge in [-0.15, -0.1) is 0 Å². The van der Waals surface area contributed by atoms with Gasteiger partial charge in [0.15, 0.2) is 6.10 Å². The lowest BCUT2D eigenvalue weighted by Gasteiger charge is -2.28. The van der Waals surface area contributed by atoms with E-state index in [0.717, 1.165) is 77.0 Å². The molecule has 0 heterocycles. The van der Waals surface area contributed by atoms with Crippen LogP contribution in [0.15, 0.2) is 72.9 Å². The van der Waals surface area contributed by atoms with E-state index in [9.17, 15) is 19.0 Å². The fourth-order valence-electron chi connectivity index (χ4n) is 5.61. The van der Waals surface area contributed by atoms with Crippen molar-refractivity contribution in [1.82, 2.24) is 0 Å². The van der Waals surface area contributed by atoms with Gasteiger partial charge in [-0.3, -0.25) is 14.2 Å². The van der Waals surface area contributed by atoms with Gasteiger partial charge < -0.3 is 27.9 Å². The van der Waals surface area contributed by atoms with Crippen molar-refractivity contribution in [3.05, 3.63) is 72.9 Å². The summed E-state index contributed by atoms with van der Waals surface area (Å²) in [5, 5.41) is 0. The Bertz CT molecular complexity index is 1220. The molecule has 0 aliphatic rings. The fourth-order valence-corrected chi connectivity index (χ4v) is 6.34. The zero-order valence-electron chi connectivity index (χ0n) is 37.5. The number of unbranched alkanes of at least 4 members (excludes halogenated alkanes) is 14. The number of phosphoric ester groups is 1. The van der Waals surface area contributed by atoms with Crippen LogP contribution in [0.2, 0.25) is 0 Å². The number of carbonyl (C=O) groups excluding carboxylic acids is 2. The summed E-state index contributed by atoms with van der Waals surface area (Å²) in [6.07, 6.45) is 49.2. The molecule has 0 bridgehead atoms. The van der Waals surface area contributed by atoms with Crippen LogP contribution in [0.25, 0.3) is 0 Å². The van der Waals surface area contributed by atoms with Crippen molar-refractivity contribution in [2.24, 2.45) is 0 Å². The molecule has 0 rings (SSSR count). The number of phosphoric acid groups is 1. The van der Waals surface area contributed by atoms with Gasteiger partial charge in [0.1, 0.15) is 19.8 Å². The molecule has 0 aliphatic heterocycles. The third-order valence-corrected chi connectivity index (χ3v) is 10.2. The molecule has 0 aliphatic carbocycles. The molecule has 0 fully saturated rings. The predicted octanol–water partition coefficient (Wildman–Crippen LogP) is 12.4. The SMILES string of the molecule is CCCCC/C=C/C/C=C/C/C=C/C/C=C/CCCCCC(=O)O[C@H](COC(=O)CCCCCCC/C=C/C/C=C/CCCCC)COP(=O)([O-])OCC[N+](C)(C)C. The first kappa shape index (κ1) is 55.5. The standard InChI is InChI=1S/C48H84NO8P/c1-6-8-10-12-14-16-18-20-22-23-24-25-27-29-31-33-35-37-39-41-48(51)57-46(45-56-58(52,53)55-43-42-49(3,4)5)44-54-47(50)40-38-36-34-32-30-28-26-21-19-17-15-13-11-9-7-2/h14-17,20-22,24-26,29,31,46H,6-13,18-19,23,27-28,30,32-45H2,1-5H3/b16-14+,17-15+,22-20+,25-24+,26-21+,31-29+/t46-/m1/s1. The van der Waals surface area contributed by atoms with E-state index >= 15 is 0 Å². The topological polar surface area (TPSA) is 111 Å². The predicted molar refractivity (Wildman–Crippen MR) is 240 cm³/mol. The molecule has 0 N–H and O–H groups in total. The molecular formula is C48H84NO8P. The highest BCUT2D eigenvalue weighted by Crippen LogP contribution is 2.38. The molecule has 10 heteroatoms. The van der Waals surface area contributed by atoms with Gasteiger partial charge in [-0.25, -0.2) is 0 Å². The van der Waals surface area contributed by atoms with E-state index in [4.69, 9.17) is 18.5 Å². The zero-order valence-corrected chi connectivity index (χ0v) is 38.4. The van der Waals surface area contributed by atoms with Crippen LogP contribution < -0.4 is 4.89 Å². The molecule has 0 aromatic rings. The Morgan fingerprint density at radius 3 is 1.40 bits per heavy atom. The summed E-state index contributed by atoms with van der Waals surface area (Å²) in [5.74, 6) is -0.893. The Hall–Kier alpha value is -2.55. The number of allylic oxidation sites excluding steroid dienone is 12. The van der Waals surface area contributed by atoms with E-state index in [0.29, 0.717) is 23.9 Å². The number of esters is 2. The Morgan fingerprint density at radius 2 is 0.931 bits per heavy atom. The molecular weight excluding hydrogens is 750 g/mol. The Balaban J connectivity index is 4.45. The van der Waals surface area contributed by atoms with Crippen LogP contribution >= 0.6 is 7.82 Å². The first-order chi connectivity index (χ1) is 28.0. The van der Waals surface area contributed by atoms with Crippen LogP contribution in [0.1, 0.15) is 168 Å². The van der Waals surface area contributed by atoms with E-state index in [-0.39, 0.29) is 26.1 Å². The molecule has 0 aromatic heterocycles. The Morgan fingerprint density at radius 1 is 0.534 bits per heavy atom. The average Bonchev–Trinajstić information content (AvgIpc) is 3.17. The number of rotatable bonds is 40. The lowest BCUT2D eigenvalue weighted by atomic mass is 10.1. The second-order valence-corrected chi connectivity index (χ2v) is 17.5. The molecule has 0 amide bonds. The van der Waals surface area contributed by atoms with Gasteiger partial charge in [0.2, 0.25) is 0 Å². The summed E-state index contributed by atoms with van der Waals surface area (Å²) < 4.78 is 33.9. The largest absolute Gasteiger partial charge is 0.756 e. The van der Waals surface area contributed by atoms with E-state index in [1.807, 2.05) is 21.1 Å². The molecule has 0 saturated heterocycles. The van der Waals surface area contributed by atoms with Gasteiger partial charge in [-0.1, -0.05) is 138 Å². The minimum Gasteiger partial charge on any atom is -0.756 e. The van der Waals surface area contributed by atoms with Crippen LogP contribution in [0.5, 0.6) is 0 Å². The summed E-state index contributed by atoms with van der Waals surface area (Å²) in [6, 6.07) is 0. The van der Waals surface area contributed by atoms with Crippen molar-refractivity contribution >= 4 is 19.8 Å². The second-order valence-electron chi connectivity index (χ2n) is 16.1. The summed E-state index contributed by atoms with van der Waals surface area (Å²) in [7, 11) is 1.12. The second kappa shape index (κ2) is 39.9. The van der Waals surface area contributed by atoms with Gasteiger partial charge in [-0.2, -0.15) is 0 Å². The third kappa shape index (κ3) is 43.0. The molecule has 0 aromatic carbocycles. The van der Waals surface area contributed by atoms with Crippen LogP contribution in [-0.2, 0) is 32.7 Å². The lowest BCUT2D eigenvalue weighted by molar-refractivity contribution is -0.870. The fraction of sp³-hybridized carbons (Fsp3) is 0.708. The zero-order chi connectivity index (χ0) is 42.8. The van der Waals surface area contributed by atoms with Gasteiger partial charge >= 0.3 is 11.9 Å². The number of ether oxygens (including phenoxy) is 2. The van der Waals surface area contributed by atoms with Crippen molar-refractivity contribution in [1.29, 1.82) is 0 Å². The van der Waals surface area contributed by atoms with Gasteiger partial charge in [0.05, 0.1) is 27.7 Å². The van der Waals surface area contributed by atoms with Gasteiger partial charge in [0.25, 0.3) is 7.82 Å². The highest BCUT2D eigenvalue weighted by atomic mass is 31.2. The number of hydrogen-bond acceptors (Lipinski definition) is 8. The average molecular weight is 834 g/mol. The highest BCUT2D eigenvalue weighted by Gasteiger charge is 2.21. The van der Waals surface area contributed by atoms with Crippen LogP contribution in [0.4, 0.5) is 0 Å². The minimum atomic E-state index is -4.64. The summed E-state index contributed by atoms with van der Waals surface area (Å²) in [6.45, 7) is 4.10. The molecule has 1 unspecified atom stereocenters. The summed E-state index contributed by atoms with van der Waals surface area (Å²) >= 11 is 0. The number of quaternary nitrogens is 1. The highest BCUT2D eigenvalue weighted by molar-refractivity contribution is 7.45. The van der Waals surface area contributed by atoms with E-state index in [2.05, 4.69) is 86.8 Å². The van der Waals surface area contributed by atoms with Crippen LogP contribution in [0, 0.1) is 0 Å². The monoisotopic (exact) mass is 834 g/mol. The number of hydrogen-bond donors (Lipinski definition) is 0.